The second-order valence-corrected chi connectivity index (χ2v) is 6.88. The molecule has 1 aromatic carbocycles. The van der Waals surface area contributed by atoms with Gasteiger partial charge in [0.25, 0.3) is 5.91 Å². The molecule has 1 aromatic rings. The summed E-state index contributed by atoms with van der Waals surface area (Å²) in [5.41, 5.74) is 0.936. The molecule has 2 aliphatic rings. The Kier molecular flexibility index (Phi) is 4.29. The van der Waals surface area contributed by atoms with Crippen LogP contribution in [0.3, 0.4) is 0 Å². The number of nitrogens with zero attached hydrogens (tertiary/aromatic N) is 3. The van der Waals surface area contributed by atoms with E-state index >= 15 is 0 Å². The van der Waals surface area contributed by atoms with Gasteiger partial charge in [0.15, 0.2) is 0 Å². The van der Waals surface area contributed by atoms with E-state index in [-0.39, 0.29) is 17.9 Å². The fraction of sp³-hybridized carbons (Fsp3) is 0.500. The molecule has 0 unspecified atom stereocenters. The van der Waals surface area contributed by atoms with E-state index in [0.717, 1.165) is 38.0 Å². The lowest BCUT2D eigenvalue weighted by Gasteiger charge is -2.39. The van der Waals surface area contributed by atoms with Crippen molar-refractivity contribution in [3.05, 3.63) is 35.4 Å². The predicted molar refractivity (Wildman–Crippen MR) is 88.9 cm³/mol. The fourth-order valence-corrected chi connectivity index (χ4v) is 3.74. The number of likely N-dealkylation sites (tertiary alicyclic amines) is 1. The second kappa shape index (κ2) is 6.25. The summed E-state index contributed by atoms with van der Waals surface area (Å²) >= 11 is 0. The highest BCUT2D eigenvalue weighted by molar-refractivity contribution is 6.06. The first-order valence-corrected chi connectivity index (χ1v) is 8.26. The monoisotopic (exact) mass is 326 g/mol. The van der Waals surface area contributed by atoms with Crippen LogP contribution in [0.25, 0.3) is 0 Å². The number of imide groups is 1. The maximum absolute atomic E-state index is 12.5. The van der Waals surface area contributed by atoms with Gasteiger partial charge >= 0.3 is 6.03 Å². The number of likely N-dealkylation sites (N-methyl/N-ethyl adjacent to an activating group) is 1. The van der Waals surface area contributed by atoms with Crippen LogP contribution >= 0.6 is 0 Å². The Morgan fingerprint density at radius 3 is 2.88 bits per heavy atom. The number of hydrogen-bond acceptors (Lipinski definition) is 4. The van der Waals surface area contributed by atoms with E-state index in [9.17, 15) is 9.59 Å². The summed E-state index contributed by atoms with van der Waals surface area (Å²) in [5.74, 6) is -0.0578. The molecule has 6 heteroatoms. The number of hydrogen-bond donors (Lipinski definition) is 1. The Morgan fingerprint density at radius 2 is 2.21 bits per heavy atom. The van der Waals surface area contributed by atoms with Gasteiger partial charge in [0.1, 0.15) is 5.54 Å². The molecule has 0 radical (unpaired) electrons. The van der Waals surface area contributed by atoms with Crippen molar-refractivity contribution in [1.29, 1.82) is 5.26 Å². The molecule has 126 valence electrons. The first-order chi connectivity index (χ1) is 11.4. The Morgan fingerprint density at radius 1 is 1.42 bits per heavy atom. The number of carbonyl (C=O) groups excluding carboxylic acids is 2. The molecule has 6 nitrogen and oxygen atoms in total. The number of urea groups is 1. The lowest BCUT2D eigenvalue weighted by molar-refractivity contribution is -0.132. The molecule has 3 rings (SSSR count). The van der Waals surface area contributed by atoms with E-state index in [4.69, 9.17) is 5.26 Å². The van der Waals surface area contributed by atoms with Gasteiger partial charge in [-0.15, -0.1) is 0 Å². The molecule has 2 aliphatic heterocycles. The maximum atomic E-state index is 12.5. The molecular formula is C18H22N4O2. The van der Waals surface area contributed by atoms with E-state index in [1.807, 2.05) is 25.1 Å². The smallest absolute Gasteiger partial charge is 0.323 e. The largest absolute Gasteiger partial charge is 0.324 e. The SMILES string of the molecule is CN1C(=O)N[C@](C)([C@@H]2CCCN(Cc3cccc(C#N)c3)C2)C1=O. The quantitative estimate of drug-likeness (QED) is 0.858. The van der Waals surface area contributed by atoms with E-state index in [1.165, 1.54) is 11.9 Å². The topological polar surface area (TPSA) is 76.4 Å². The van der Waals surface area contributed by atoms with Gasteiger partial charge in [0.05, 0.1) is 11.6 Å². The van der Waals surface area contributed by atoms with Gasteiger partial charge in [-0.25, -0.2) is 4.79 Å². The molecule has 0 aliphatic carbocycles. The van der Waals surface area contributed by atoms with Crippen LogP contribution in [0, 0.1) is 17.2 Å². The highest BCUT2D eigenvalue weighted by Crippen LogP contribution is 2.32. The molecule has 0 aromatic heterocycles. The standard InChI is InChI=1S/C18H22N4O2/c1-18(16(23)21(2)17(24)20-18)15-7-4-8-22(12-15)11-14-6-3-5-13(9-14)10-19/h3,5-6,9,15H,4,7-8,11-12H2,1-2H3,(H,20,24)/t15-,18-/m1/s1. The summed E-state index contributed by atoms with van der Waals surface area (Å²) in [4.78, 5) is 27.8. The van der Waals surface area contributed by atoms with Gasteiger partial charge in [-0.3, -0.25) is 14.6 Å². The lowest BCUT2D eigenvalue weighted by atomic mass is 9.80. The van der Waals surface area contributed by atoms with E-state index in [1.54, 1.807) is 6.07 Å². The summed E-state index contributed by atoms with van der Waals surface area (Å²) in [5, 5.41) is 11.9. The third-order valence-electron chi connectivity index (χ3n) is 5.20. The van der Waals surface area contributed by atoms with Gasteiger partial charge in [-0.05, 0) is 44.0 Å². The Balaban J connectivity index is 1.72. The summed E-state index contributed by atoms with van der Waals surface area (Å²) in [6.07, 6.45) is 1.91. The molecule has 2 fully saturated rings. The van der Waals surface area contributed by atoms with Crippen LogP contribution in [0.4, 0.5) is 4.79 Å². The van der Waals surface area contributed by atoms with Crippen molar-refractivity contribution in [2.24, 2.45) is 5.92 Å². The van der Waals surface area contributed by atoms with Crippen LogP contribution in [0.15, 0.2) is 24.3 Å². The van der Waals surface area contributed by atoms with Gasteiger partial charge < -0.3 is 5.32 Å². The van der Waals surface area contributed by atoms with Crippen LogP contribution in [0.1, 0.15) is 30.9 Å². The summed E-state index contributed by atoms with van der Waals surface area (Å²) in [6, 6.07) is 9.46. The van der Waals surface area contributed by atoms with E-state index in [2.05, 4.69) is 16.3 Å². The average molecular weight is 326 g/mol. The molecule has 1 N–H and O–H groups in total. The molecule has 24 heavy (non-hydrogen) atoms. The summed E-state index contributed by atoms with van der Waals surface area (Å²) in [6.45, 7) is 4.30. The third kappa shape index (κ3) is 2.87. The van der Waals surface area contributed by atoms with Crippen LogP contribution in [-0.4, -0.2) is 47.4 Å². The first-order valence-electron chi connectivity index (χ1n) is 8.26. The van der Waals surface area contributed by atoms with Crippen LogP contribution < -0.4 is 5.32 Å². The van der Waals surface area contributed by atoms with Gasteiger partial charge in [-0.2, -0.15) is 5.26 Å². The van der Waals surface area contributed by atoms with Crippen LogP contribution in [0.2, 0.25) is 0 Å². The minimum Gasteiger partial charge on any atom is -0.323 e. The minimum atomic E-state index is -0.820. The molecule has 0 bridgehead atoms. The average Bonchev–Trinajstić information content (AvgIpc) is 2.79. The highest BCUT2D eigenvalue weighted by Gasteiger charge is 2.51. The maximum Gasteiger partial charge on any atom is 0.324 e. The first kappa shape index (κ1) is 16.5. The Bertz CT molecular complexity index is 711. The predicted octanol–water partition coefficient (Wildman–Crippen LogP) is 1.71. The number of nitrogens with one attached hydrogen (secondary N) is 1. The minimum absolute atomic E-state index is 0.0896. The zero-order valence-corrected chi connectivity index (χ0v) is 14.1. The number of rotatable bonds is 3. The van der Waals surface area contributed by atoms with Crippen molar-refractivity contribution >= 4 is 11.9 Å². The molecular weight excluding hydrogens is 304 g/mol. The normalized spacial score (nSPS) is 27.9. The molecule has 2 heterocycles. The van der Waals surface area contributed by atoms with Crippen molar-refractivity contribution in [2.45, 2.75) is 31.8 Å². The number of amides is 3. The summed E-state index contributed by atoms with van der Waals surface area (Å²) < 4.78 is 0. The number of nitriles is 1. The van der Waals surface area contributed by atoms with E-state index in [0.29, 0.717) is 5.56 Å². The lowest BCUT2D eigenvalue weighted by Crippen LogP contribution is -2.55. The zero-order valence-electron chi connectivity index (χ0n) is 14.1. The Labute approximate surface area is 142 Å². The van der Waals surface area contributed by atoms with Crippen molar-refractivity contribution in [3.8, 4) is 6.07 Å². The fourth-order valence-electron chi connectivity index (χ4n) is 3.74. The molecule has 3 amide bonds. The highest BCUT2D eigenvalue weighted by atomic mass is 16.2. The van der Waals surface area contributed by atoms with Gasteiger partial charge in [0, 0.05) is 26.1 Å². The van der Waals surface area contributed by atoms with Crippen molar-refractivity contribution in [1.82, 2.24) is 15.1 Å². The molecule has 0 spiro atoms. The third-order valence-corrected chi connectivity index (χ3v) is 5.20. The van der Waals surface area contributed by atoms with Crippen molar-refractivity contribution in [2.75, 3.05) is 20.1 Å². The van der Waals surface area contributed by atoms with Crippen LogP contribution in [0.5, 0.6) is 0 Å². The van der Waals surface area contributed by atoms with E-state index < -0.39 is 5.54 Å². The molecule has 2 saturated heterocycles. The molecule has 2 atom stereocenters. The van der Waals surface area contributed by atoms with Crippen molar-refractivity contribution < 1.29 is 9.59 Å². The van der Waals surface area contributed by atoms with Crippen LogP contribution in [-0.2, 0) is 11.3 Å². The van der Waals surface area contributed by atoms with Gasteiger partial charge in [0.2, 0.25) is 0 Å². The zero-order chi connectivity index (χ0) is 17.3. The number of carbonyl (C=O) groups is 2. The summed E-state index contributed by atoms with van der Waals surface area (Å²) in [7, 11) is 1.52. The second-order valence-electron chi connectivity index (χ2n) is 6.88. The Hall–Kier alpha value is -2.39. The molecule has 0 saturated carbocycles. The van der Waals surface area contributed by atoms with Gasteiger partial charge in [-0.1, -0.05) is 12.1 Å². The number of piperidine rings is 1. The van der Waals surface area contributed by atoms with Crippen molar-refractivity contribution in [3.63, 3.8) is 0 Å². The number of benzene rings is 1.